The molecule has 0 saturated heterocycles. The molecule has 4 heteroatoms. The lowest BCUT2D eigenvalue weighted by Gasteiger charge is -2.10. The second-order valence-electron chi connectivity index (χ2n) is 5.44. The van der Waals surface area contributed by atoms with Crippen LogP contribution in [-0.4, -0.2) is 18.1 Å². The van der Waals surface area contributed by atoms with Crippen molar-refractivity contribution in [1.82, 2.24) is 5.32 Å². The zero-order valence-corrected chi connectivity index (χ0v) is 12.0. The molecular formula is C16H20N2O2. The quantitative estimate of drug-likeness (QED) is 0.810. The maximum Gasteiger partial charge on any atom is 0.221 e. The van der Waals surface area contributed by atoms with Crippen molar-refractivity contribution in [2.75, 3.05) is 6.61 Å². The van der Waals surface area contributed by atoms with Crippen LogP contribution in [0.3, 0.4) is 0 Å². The Morgan fingerprint density at radius 1 is 1.40 bits per heavy atom. The molecule has 0 aliphatic heterocycles. The highest BCUT2D eigenvalue weighted by Crippen LogP contribution is 2.34. The molecule has 0 bridgehead atoms. The lowest BCUT2D eigenvalue weighted by atomic mass is 10.1. The van der Waals surface area contributed by atoms with Crippen LogP contribution in [0.4, 0.5) is 0 Å². The van der Waals surface area contributed by atoms with Gasteiger partial charge in [0.1, 0.15) is 11.3 Å². The molecule has 0 spiro atoms. The maximum absolute atomic E-state index is 11.6. The van der Waals surface area contributed by atoms with Gasteiger partial charge in [0.2, 0.25) is 5.91 Å². The summed E-state index contributed by atoms with van der Waals surface area (Å²) in [5, 5.41) is 11.7. The van der Waals surface area contributed by atoms with Crippen molar-refractivity contribution in [3.05, 3.63) is 29.3 Å². The smallest absolute Gasteiger partial charge is 0.221 e. The fourth-order valence-corrected chi connectivity index (χ4v) is 1.95. The highest BCUT2D eigenvalue weighted by atomic mass is 16.5. The van der Waals surface area contributed by atoms with Crippen molar-refractivity contribution >= 4 is 5.91 Å². The molecule has 4 nitrogen and oxygen atoms in total. The molecule has 0 heterocycles. The Labute approximate surface area is 119 Å². The Morgan fingerprint density at radius 3 is 2.75 bits per heavy atom. The third-order valence-corrected chi connectivity index (χ3v) is 3.64. The number of carbonyl (C=O) groups is 1. The lowest BCUT2D eigenvalue weighted by Crippen LogP contribution is -2.35. The molecule has 1 aliphatic rings. The largest absolute Gasteiger partial charge is 0.494 e. The van der Waals surface area contributed by atoms with Crippen molar-refractivity contribution in [2.45, 2.75) is 45.1 Å². The molecule has 1 aliphatic carbocycles. The van der Waals surface area contributed by atoms with Gasteiger partial charge < -0.3 is 10.1 Å². The molecule has 1 aromatic carbocycles. The highest BCUT2D eigenvalue weighted by molar-refractivity contribution is 5.77. The van der Waals surface area contributed by atoms with E-state index < -0.39 is 5.54 Å². The number of carbonyl (C=O) groups excluding carboxylic acids is 1. The minimum Gasteiger partial charge on any atom is -0.494 e. The molecule has 1 fully saturated rings. The summed E-state index contributed by atoms with van der Waals surface area (Å²) in [6.45, 7) is 4.62. The molecule has 0 atom stereocenters. The van der Waals surface area contributed by atoms with Crippen LogP contribution in [-0.2, 0) is 4.79 Å². The second-order valence-corrected chi connectivity index (χ2v) is 5.44. The molecule has 0 aromatic heterocycles. The van der Waals surface area contributed by atoms with Crippen molar-refractivity contribution in [2.24, 2.45) is 0 Å². The molecule has 0 radical (unpaired) electrons. The Bertz CT molecular complexity index is 542. The van der Waals surface area contributed by atoms with Gasteiger partial charge in [0.05, 0.1) is 12.7 Å². The number of nitriles is 1. The van der Waals surface area contributed by atoms with Crippen molar-refractivity contribution < 1.29 is 9.53 Å². The number of hydrogen-bond donors (Lipinski definition) is 1. The summed E-state index contributed by atoms with van der Waals surface area (Å²) in [7, 11) is 0. The first-order chi connectivity index (χ1) is 9.54. The summed E-state index contributed by atoms with van der Waals surface area (Å²) in [5.41, 5.74) is 1.87. The van der Waals surface area contributed by atoms with E-state index in [1.807, 2.05) is 25.1 Å². The van der Waals surface area contributed by atoms with Gasteiger partial charge in [-0.2, -0.15) is 5.26 Å². The number of rotatable bonds is 6. The standard InChI is InChI=1S/C16H20N2O2/c1-12-5-6-14(10-13(12)2)20-9-3-4-15(19)18-16(11-17)7-8-16/h5-6,10H,3-4,7-9H2,1-2H3,(H,18,19). The van der Waals surface area contributed by atoms with E-state index >= 15 is 0 Å². The van der Waals surface area contributed by atoms with Gasteiger partial charge in [0, 0.05) is 6.42 Å². The zero-order chi connectivity index (χ0) is 14.6. The van der Waals surface area contributed by atoms with Crippen LogP contribution in [0.5, 0.6) is 5.75 Å². The maximum atomic E-state index is 11.6. The third-order valence-electron chi connectivity index (χ3n) is 3.64. The molecule has 106 valence electrons. The van der Waals surface area contributed by atoms with Crippen LogP contribution in [0.2, 0.25) is 0 Å². The fraction of sp³-hybridized carbons (Fsp3) is 0.500. The average Bonchev–Trinajstić information content (AvgIpc) is 3.19. The van der Waals surface area contributed by atoms with Gasteiger partial charge >= 0.3 is 0 Å². The van der Waals surface area contributed by atoms with Gasteiger partial charge in [-0.25, -0.2) is 0 Å². The summed E-state index contributed by atoms with van der Waals surface area (Å²) in [4.78, 5) is 11.6. The molecule has 0 unspecified atom stereocenters. The SMILES string of the molecule is Cc1ccc(OCCCC(=O)NC2(C#N)CC2)cc1C. The monoisotopic (exact) mass is 272 g/mol. The molecule has 1 N–H and O–H groups in total. The first kappa shape index (κ1) is 14.4. The van der Waals surface area contributed by atoms with E-state index in [9.17, 15) is 4.79 Å². The molecular weight excluding hydrogens is 252 g/mol. The van der Waals surface area contributed by atoms with Gasteiger partial charge in [0.25, 0.3) is 0 Å². The van der Waals surface area contributed by atoms with Gasteiger partial charge in [-0.15, -0.1) is 0 Å². The lowest BCUT2D eigenvalue weighted by molar-refractivity contribution is -0.121. The van der Waals surface area contributed by atoms with Crippen molar-refractivity contribution in [3.63, 3.8) is 0 Å². The van der Waals surface area contributed by atoms with Crippen LogP contribution in [0.25, 0.3) is 0 Å². The number of hydrogen-bond acceptors (Lipinski definition) is 3. The van der Waals surface area contributed by atoms with Gasteiger partial charge in [-0.05, 0) is 56.4 Å². The first-order valence-electron chi connectivity index (χ1n) is 6.97. The van der Waals surface area contributed by atoms with Crippen molar-refractivity contribution in [3.8, 4) is 11.8 Å². The summed E-state index contributed by atoms with van der Waals surface area (Å²) in [6, 6.07) is 8.12. The second kappa shape index (κ2) is 5.96. The third kappa shape index (κ3) is 3.74. The summed E-state index contributed by atoms with van der Waals surface area (Å²) in [5.74, 6) is 0.775. The molecule has 2 rings (SSSR count). The Kier molecular flexibility index (Phi) is 4.29. The number of aryl methyl sites for hydroxylation is 2. The fourth-order valence-electron chi connectivity index (χ4n) is 1.95. The molecule has 20 heavy (non-hydrogen) atoms. The number of nitrogens with zero attached hydrogens (tertiary/aromatic N) is 1. The number of benzene rings is 1. The van der Waals surface area contributed by atoms with E-state index in [2.05, 4.69) is 18.3 Å². The molecule has 1 amide bonds. The normalized spacial score (nSPS) is 15.2. The van der Waals surface area contributed by atoms with E-state index in [0.29, 0.717) is 19.4 Å². The summed E-state index contributed by atoms with van der Waals surface area (Å²) in [6.07, 6.45) is 2.59. The van der Waals surface area contributed by atoms with Crippen LogP contribution >= 0.6 is 0 Å². The average molecular weight is 272 g/mol. The van der Waals surface area contributed by atoms with E-state index in [-0.39, 0.29) is 5.91 Å². The van der Waals surface area contributed by atoms with E-state index in [0.717, 1.165) is 18.6 Å². The van der Waals surface area contributed by atoms with Crippen LogP contribution in [0.15, 0.2) is 18.2 Å². The number of ether oxygens (including phenoxy) is 1. The Hall–Kier alpha value is -2.02. The van der Waals surface area contributed by atoms with E-state index in [1.165, 1.54) is 11.1 Å². The van der Waals surface area contributed by atoms with E-state index in [1.54, 1.807) is 0 Å². The Morgan fingerprint density at radius 2 is 2.15 bits per heavy atom. The zero-order valence-electron chi connectivity index (χ0n) is 12.0. The highest BCUT2D eigenvalue weighted by Gasteiger charge is 2.44. The predicted octanol–water partition coefficient (Wildman–Crippen LogP) is 2.63. The van der Waals surface area contributed by atoms with Gasteiger partial charge in [0.15, 0.2) is 0 Å². The van der Waals surface area contributed by atoms with Crippen LogP contribution in [0, 0.1) is 25.2 Å². The minimum absolute atomic E-state index is 0.0623. The minimum atomic E-state index is -0.563. The summed E-state index contributed by atoms with van der Waals surface area (Å²) >= 11 is 0. The van der Waals surface area contributed by atoms with Gasteiger partial charge in [-0.3, -0.25) is 4.79 Å². The predicted molar refractivity (Wildman–Crippen MR) is 76.4 cm³/mol. The number of nitrogens with one attached hydrogen (secondary N) is 1. The molecule has 1 saturated carbocycles. The topological polar surface area (TPSA) is 62.1 Å². The van der Waals surface area contributed by atoms with Crippen molar-refractivity contribution in [1.29, 1.82) is 5.26 Å². The Balaban J connectivity index is 1.67. The van der Waals surface area contributed by atoms with Crippen LogP contribution in [0.1, 0.15) is 36.8 Å². The molecule has 1 aromatic rings. The summed E-state index contributed by atoms with van der Waals surface area (Å²) < 4.78 is 5.62. The number of amides is 1. The first-order valence-corrected chi connectivity index (χ1v) is 6.97. The van der Waals surface area contributed by atoms with Crippen LogP contribution < -0.4 is 10.1 Å². The van der Waals surface area contributed by atoms with E-state index in [4.69, 9.17) is 10.00 Å². The van der Waals surface area contributed by atoms with Gasteiger partial charge in [-0.1, -0.05) is 6.07 Å².